The summed E-state index contributed by atoms with van der Waals surface area (Å²) in [4.78, 5) is 0.264. The molecule has 0 unspecified atom stereocenters. The summed E-state index contributed by atoms with van der Waals surface area (Å²) >= 11 is 1.68. The van der Waals surface area contributed by atoms with E-state index >= 15 is 0 Å². The average Bonchev–Trinajstić information content (AvgIpc) is 3.27. The van der Waals surface area contributed by atoms with E-state index < -0.39 is 10.0 Å². The Kier molecular flexibility index (Phi) is 7.53. The number of thioether (sulfide) groups is 1. The van der Waals surface area contributed by atoms with Crippen LogP contribution in [-0.2, 0) is 14.8 Å². The number of hydrogen-bond acceptors (Lipinski definition) is 6. The van der Waals surface area contributed by atoms with Crippen molar-refractivity contribution in [3.8, 4) is 11.4 Å². The van der Waals surface area contributed by atoms with Crippen molar-refractivity contribution in [2.45, 2.75) is 36.9 Å². The van der Waals surface area contributed by atoms with E-state index in [1.165, 1.54) is 4.31 Å². The predicted molar refractivity (Wildman–Crippen MR) is 131 cm³/mol. The van der Waals surface area contributed by atoms with Crippen molar-refractivity contribution in [3.63, 3.8) is 0 Å². The third-order valence-corrected chi connectivity index (χ3v) is 8.84. The van der Waals surface area contributed by atoms with Gasteiger partial charge in [-0.3, -0.25) is 4.57 Å². The third kappa shape index (κ3) is 5.32. The van der Waals surface area contributed by atoms with Gasteiger partial charge in [0.2, 0.25) is 10.0 Å². The second kappa shape index (κ2) is 10.4. The maximum absolute atomic E-state index is 13.2. The SMILES string of the molecule is CC(C)CSc1nnc(-c2cccc(S(=O)(=O)N3CCOCC3)c2)n1[C@@H](C)c1ccccc1. The van der Waals surface area contributed by atoms with Crippen LogP contribution in [0.2, 0.25) is 0 Å². The van der Waals surface area contributed by atoms with E-state index in [2.05, 4.69) is 47.7 Å². The molecule has 7 nitrogen and oxygen atoms in total. The van der Waals surface area contributed by atoms with Crippen LogP contribution < -0.4 is 0 Å². The first kappa shape index (κ1) is 23.9. The molecule has 2 heterocycles. The van der Waals surface area contributed by atoms with E-state index in [-0.39, 0.29) is 10.9 Å². The summed E-state index contributed by atoms with van der Waals surface area (Å²) in [5.74, 6) is 2.10. The Morgan fingerprint density at radius 3 is 2.42 bits per heavy atom. The van der Waals surface area contributed by atoms with Gasteiger partial charge in [0.15, 0.2) is 11.0 Å². The van der Waals surface area contributed by atoms with Gasteiger partial charge in [-0.1, -0.05) is 68.1 Å². The third-order valence-electron chi connectivity index (χ3n) is 5.58. The fourth-order valence-electron chi connectivity index (χ4n) is 3.77. The molecular weight excluding hydrogens is 456 g/mol. The minimum Gasteiger partial charge on any atom is -0.379 e. The first-order valence-electron chi connectivity index (χ1n) is 11.2. The Bertz CT molecular complexity index is 1170. The lowest BCUT2D eigenvalue weighted by Gasteiger charge is -2.26. The lowest BCUT2D eigenvalue weighted by molar-refractivity contribution is 0.0730. The highest BCUT2D eigenvalue weighted by atomic mass is 32.2. The van der Waals surface area contributed by atoms with Gasteiger partial charge < -0.3 is 4.74 Å². The van der Waals surface area contributed by atoms with Crippen LogP contribution in [0.25, 0.3) is 11.4 Å². The Morgan fingerprint density at radius 1 is 1.00 bits per heavy atom. The number of nitrogens with zero attached hydrogens (tertiary/aromatic N) is 4. The molecule has 1 aliphatic heterocycles. The quantitative estimate of drug-likeness (QED) is 0.441. The van der Waals surface area contributed by atoms with Gasteiger partial charge in [-0.25, -0.2) is 8.42 Å². The van der Waals surface area contributed by atoms with Crippen molar-refractivity contribution in [3.05, 3.63) is 60.2 Å². The zero-order valence-electron chi connectivity index (χ0n) is 19.2. The maximum atomic E-state index is 13.2. The number of sulfonamides is 1. The number of morpholine rings is 1. The Morgan fingerprint density at radius 2 is 1.73 bits per heavy atom. The molecule has 0 N–H and O–H groups in total. The Hall–Kier alpha value is -2.20. The number of hydrogen-bond donors (Lipinski definition) is 0. The van der Waals surface area contributed by atoms with Crippen molar-refractivity contribution in [1.29, 1.82) is 0 Å². The van der Waals surface area contributed by atoms with Crippen molar-refractivity contribution in [1.82, 2.24) is 19.1 Å². The van der Waals surface area contributed by atoms with Crippen LogP contribution in [-0.4, -0.2) is 59.5 Å². The molecule has 176 valence electrons. The summed E-state index contributed by atoms with van der Waals surface area (Å²) in [6, 6.07) is 17.2. The summed E-state index contributed by atoms with van der Waals surface area (Å²) in [6.45, 7) is 8.03. The van der Waals surface area contributed by atoms with E-state index in [1.54, 1.807) is 30.0 Å². The first-order chi connectivity index (χ1) is 15.9. The van der Waals surface area contributed by atoms with Gasteiger partial charge in [-0.05, 0) is 30.5 Å². The molecule has 0 radical (unpaired) electrons. The fraction of sp³-hybridized carbons (Fsp3) is 0.417. The molecule has 1 aromatic heterocycles. The minimum absolute atomic E-state index is 0.00892. The van der Waals surface area contributed by atoms with Crippen molar-refractivity contribution in [2.24, 2.45) is 5.92 Å². The topological polar surface area (TPSA) is 77.3 Å². The standard InChI is InChI=1S/C24H30N4O3S2/c1-18(2)17-32-24-26-25-23(28(24)19(3)20-8-5-4-6-9-20)21-10-7-11-22(16-21)33(29,30)27-12-14-31-15-13-27/h4-11,16,18-19H,12-15,17H2,1-3H3/t19-/m0/s1. The number of aromatic nitrogens is 3. The zero-order chi connectivity index (χ0) is 23.4. The lowest BCUT2D eigenvalue weighted by Crippen LogP contribution is -2.40. The van der Waals surface area contributed by atoms with Crippen LogP contribution in [0.1, 0.15) is 32.4 Å². The summed E-state index contributed by atoms with van der Waals surface area (Å²) in [7, 11) is -3.60. The molecule has 1 saturated heterocycles. The summed E-state index contributed by atoms with van der Waals surface area (Å²) in [6.07, 6.45) is 0. The first-order valence-corrected chi connectivity index (χ1v) is 13.6. The summed E-state index contributed by atoms with van der Waals surface area (Å²) in [5, 5.41) is 9.83. The summed E-state index contributed by atoms with van der Waals surface area (Å²) < 4.78 is 35.4. The molecule has 0 aliphatic carbocycles. The van der Waals surface area contributed by atoms with Gasteiger partial charge in [0.1, 0.15) is 0 Å². The normalized spacial score (nSPS) is 16.2. The van der Waals surface area contributed by atoms with Crippen LogP contribution >= 0.6 is 11.8 Å². The molecule has 33 heavy (non-hydrogen) atoms. The molecule has 0 saturated carbocycles. The van der Waals surface area contributed by atoms with Gasteiger partial charge in [-0.2, -0.15) is 4.31 Å². The van der Waals surface area contributed by atoms with Crippen molar-refractivity contribution >= 4 is 21.8 Å². The zero-order valence-corrected chi connectivity index (χ0v) is 20.8. The van der Waals surface area contributed by atoms with Gasteiger partial charge in [-0.15, -0.1) is 10.2 Å². The smallest absolute Gasteiger partial charge is 0.243 e. The second-order valence-corrected chi connectivity index (χ2v) is 11.4. The highest BCUT2D eigenvalue weighted by Gasteiger charge is 2.27. The summed E-state index contributed by atoms with van der Waals surface area (Å²) in [5.41, 5.74) is 1.87. The van der Waals surface area contributed by atoms with E-state index in [4.69, 9.17) is 4.74 Å². The van der Waals surface area contributed by atoms with Gasteiger partial charge in [0, 0.05) is 24.4 Å². The predicted octanol–water partition coefficient (Wildman–Crippen LogP) is 4.32. The lowest BCUT2D eigenvalue weighted by atomic mass is 10.1. The van der Waals surface area contributed by atoms with E-state index in [1.807, 2.05) is 24.3 Å². The molecule has 0 amide bonds. The van der Waals surface area contributed by atoms with Crippen LogP contribution in [0.15, 0.2) is 64.6 Å². The van der Waals surface area contributed by atoms with E-state index in [0.717, 1.165) is 22.0 Å². The second-order valence-electron chi connectivity index (χ2n) is 8.51. The Labute approximate surface area is 200 Å². The van der Waals surface area contributed by atoms with Gasteiger partial charge in [0.05, 0.1) is 24.2 Å². The molecule has 0 bridgehead atoms. The van der Waals surface area contributed by atoms with Crippen LogP contribution in [0.5, 0.6) is 0 Å². The molecule has 1 fully saturated rings. The Balaban J connectivity index is 1.75. The monoisotopic (exact) mass is 486 g/mol. The number of ether oxygens (including phenoxy) is 1. The number of rotatable bonds is 8. The minimum atomic E-state index is -3.60. The van der Waals surface area contributed by atoms with E-state index in [0.29, 0.717) is 38.0 Å². The molecule has 1 atom stereocenters. The maximum Gasteiger partial charge on any atom is 0.243 e. The average molecular weight is 487 g/mol. The van der Waals surface area contributed by atoms with Crippen LogP contribution in [0.4, 0.5) is 0 Å². The molecule has 3 aromatic rings. The van der Waals surface area contributed by atoms with Crippen LogP contribution in [0.3, 0.4) is 0 Å². The molecule has 2 aromatic carbocycles. The molecule has 9 heteroatoms. The van der Waals surface area contributed by atoms with Crippen molar-refractivity contribution < 1.29 is 13.2 Å². The fourth-order valence-corrected chi connectivity index (χ4v) is 6.19. The highest BCUT2D eigenvalue weighted by Crippen LogP contribution is 2.33. The van der Waals surface area contributed by atoms with E-state index in [9.17, 15) is 8.42 Å². The van der Waals surface area contributed by atoms with Gasteiger partial charge >= 0.3 is 0 Å². The molecule has 0 spiro atoms. The van der Waals surface area contributed by atoms with Crippen molar-refractivity contribution in [2.75, 3.05) is 32.1 Å². The molecule has 1 aliphatic rings. The number of benzene rings is 2. The van der Waals surface area contributed by atoms with Crippen LogP contribution in [0, 0.1) is 5.92 Å². The highest BCUT2D eigenvalue weighted by molar-refractivity contribution is 7.99. The van der Waals surface area contributed by atoms with Gasteiger partial charge in [0.25, 0.3) is 0 Å². The largest absolute Gasteiger partial charge is 0.379 e. The molecular formula is C24H30N4O3S2. The molecule has 4 rings (SSSR count).